The van der Waals surface area contributed by atoms with E-state index in [1.54, 1.807) is 11.8 Å². The first-order valence-corrected chi connectivity index (χ1v) is 9.51. The second-order valence-electron chi connectivity index (χ2n) is 5.90. The largest absolute Gasteiger partial charge is 0.484 e. The van der Waals surface area contributed by atoms with Gasteiger partial charge in [0.2, 0.25) is 0 Å². The van der Waals surface area contributed by atoms with Gasteiger partial charge in [-0.3, -0.25) is 4.79 Å². The highest BCUT2D eigenvalue weighted by atomic mass is 32.2. The topological polar surface area (TPSA) is 38.3 Å². The van der Waals surface area contributed by atoms with Crippen LogP contribution in [0.2, 0.25) is 0 Å². The van der Waals surface area contributed by atoms with Gasteiger partial charge in [0.1, 0.15) is 5.75 Å². The highest BCUT2D eigenvalue weighted by molar-refractivity contribution is 7.99. The first-order chi connectivity index (χ1) is 11.8. The third-order valence-electron chi connectivity index (χ3n) is 4.15. The van der Waals surface area contributed by atoms with Crippen LogP contribution < -0.4 is 10.1 Å². The first-order valence-electron chi connectivity index (χ1n) is 8.52. The summed E-state index contributed by atoms with van der Waals surface area (Å²) in [5.41, 5.74) is 3.64. The molecular weight excluding hydrogens is 318 g/mol. The van der Waals surface area contributed by atoms with Crippen LogP contribution in [0.15, 0.2) is 47.4 Å². The maximum Gasteiger partial charge on any atom is 0.262 e. The molecule has 2 aromatic rings. The lowest BCUT2D eigenvalue weighted by molar-refractivity contribution is -0.118. The molecule has 0 spiro atoms. The molecule has 0 aromatic heterocycles. The van der Waals surface area contributed by atoms with E-state index in [1.165, 1.54) is 24.0 Å². The summed E-state index contributed by atoms with van der Waals surface area (Å²) in [6, 6.07) is 14.1. The minimum absolute atomic E-state index is 0.0317. The maximum absolute atomic E-state index is 12.2. The number of ether oxygens (including phenoxy) is 1. The van der Waals surface area contributed by atoms with Crippen molar-refractivity contribution in [2.75, 3.05) is 17.7 Å². The van der Waals surface area contributed by atoms with Crippen LogP contribution in [0.4, 0.5) is 5.69 Å². The number of hydrogen-bond donors (Lipinski definition) is 1. The van der Waals surface area contributed by atoms with Crippen LogP contribution in [0.5, 0.6) is 5.75 Å². The number of amides is 1. The number of rotatable bonds is 6. The van der Waals surface area contributed by atoms with Gasteiger partial charge in [-0.25, -0.2) is 0 Å². The summed E-state index contributed by atoms with van der Waals surface area (Å²) in [5.74, 6) is 1.62. The van der Waals surface area contributed by atoms with E-state index in [9.17, 15) is 4.79 Å². The molecule has 1 aliphatic carbocycles. The van der Waals surface area contributed by atoms with Crippen LogP contribution in [0.3, 0.4) is 0 Å². The predicted molar refractivity (Wildman–Crippen MR) is 100 cm³/mol. The van der Waals surface area contributed by atoms with Gasteiger partial charge in [-0.1, -0.05) is 25.1 Å². The molecule has 4 heteroatoms. The van der Waals surface area contributed by atoms with Crippen LogP contribution in [0.1, 0.15) is 30.9 Å². The number of para-hydroxylation sites is 1. The number of nitrogens with one attached hydrogen (secondary N) is 1. The molecule has 0 saturated carbocycles. The second-order valence-corrected chi connectivity index (χ2v) is 7.21. The highest BCUT2D eigenvalue weighted by Crippen LogP contribution is 2.27. The number of carbonyl (C=O) groups excluding carboxylic acids is 1. The van der Waals surface area contributed by atoms with Crippen LogP contribution in [-0.4, -0.2) is 18.3 Å². The van der Waals surface area contributed by atoms with Crippen molar-refractivity contribution < 1.29 is 9.53 Å². The van der Waals surface area contributed by atoms with Crippen LogP contribution in [0.25, 0.3) is 0 Å². The zero-order chi connectivity index (χ0) is 16.8. The third kappa shape index (κ3) is 4.32. The summed E-state index contributed by atoms with van der Waals surface area (Å²) in [4.78, 5) is 13.3. The quantitative estimate of drug-likeness (QED) is 0.774. The molecule has 1 N–H and O–H groups in total. The van der Waals surface area contributed by atoms with Crippen molar-refractivity contribution in [1.29, 1.82) is 0 Å². The fourth-order valence-electron chi connectivity index (χ4n) is 2.99. The summed E-state index contributed by atoms with van der Waals surface area (Å²) in [6.07, 6.45) is 4.77. The number of anilines is 1. The Bertz CT molecular complexity index is 715. The summed E-state index contributed by atoms with van der Waals surface area (Å²) in [7, 11) is 0. The van der Waals surface area contributed by atoms with Gasteiger partial charge in [0.05, 0.1) is 5.69 Å². The molecule has 0 bridgehead atoms. The number of hydrogen-bond acceptors (Lipinski definition) is 3. The summed E-state index contributed by atoms with van der Waals surface area (Å²) in [5, 5.41) is 2.94. The zero-order valence-corrected chi connectivity index (χ0v) is 14.8. The Morgan fingerprint density at radius 1 is 1.12 bits per heavy atom. The molecule has 1 aliphatic rings. The molecule has 126 valence electrons. The van der Waals surface area contributed by atoms with Crippen LogP contribution in [-0.2, 0) is 17.6 Å². The van der Waals surface area contributed by atoms with E-state index in [2.05, 4.69) is 24.4 Å². The van der Waals surface area contributed by atoms with Crippen molar-refractivity contribution >= 4 is 23.4 Å². The first kappa shape index (κ1) is 16.9. The van der Waals surface area contributed by atoms with Crippen molar-refractivity contribution in [3.63, 3.8) is 0 Å². The van der Waals surface area contributed by atoms with Gasteiger partial charge in [-0.05, 0) is 66.8 Å². The Morgan fingerprint density at radius 3 is 2.75 bits per heavy atom. The number of aryl methyl sites for hydroxylation is 2. The maximum atomic E-state index is 12.2. The number of benzene rings is 2. The van der Waals surface area contributed by atoms with E-state index in [1.807, 2.05) is 30.3 Å². The fourth-order valence-corrected chi connectivity index (χ4v) is 3.75. The van der Waals surface area contributed by atoms with Gasteiger partial charge in [0, 0.05) is 4.90 Å². The van der Waals surface area contributed by atoms with E-state index in [4.69, 9.17) is 4.74 Å². The van der Waals surface area contributed by atoms with Crippen molar-refractivity contribution in [2.24, 2.45) is 0 Å². The smallest absolute Gasteiger partial charge is 0.262 e. The molecule has 1 amide bonds. The van der Waals surface area contributed by atoms with Crippen molar-refractivity contribution in [3.05, 3.63) is 53.6 Å². The molecule has 0 saturated heterocycles. The summed E-state index contributed by atoms with van der Waals surface area (Å²) >= 11 is 1.72. The lowest BCUT2D eigenvalue weighted by Crippen LogP contribution is -2.20. The average molecular weight is 341 g/mol. The standard InChI is InChI=1S/C20H23NO2S/c1-2-24-19-10-6-5-9-18(19)21-20(22)14-23-17-12-11-15-7-3-4-8-16(15)13-17/h5-6,9-13H,2-4,7-8,14H2,1H3,(H,21,22). The molecular formula is C20H23NO2S. The van der Waals surface area contributed by atoms with Crippen molar-refractivity contribution in [1.82, 2.24) is 0 Å². The van der Waals surface area contributed by atoms with E-state index < -0.39 is 0 Å². The summed E-state index contributed by atoms with van der Waals surface area (Å²) < 4.78 is 5.69. The zero-order valence-electron chi connectivity index (χ0n) is 14.0. The van der Waals surface area contributed by atoms with Gasteiger partial charge < -0.3 is 10.1 Å². The van der Waals surface area contributed by atoms with Gasteiger partial charge in [0.15, 0.2) is 6.61 Å². The fraction of sp³-hybridized carbons (Fsp3) is 0.350. The molecule has 0 aliphatic heterocycles. The lowest BCUT2D eigenvalue weighted by Gasteiger charge is -2.17. The second kappa shape index (κ2) is 8.25. The minimum Gasteiger partial charge on any atom is -0.484 e. The molecule has 24 heavy (non-hydrogen) atoms. The Kier molecular flexibility index (Phi) is 5.81. The lowest BCUT2D eigenvalue weighted by atomic mass is 9.92. The molecule has 0 fully saturated rings. The predicted octanol–water partition coefficient (Wildman–Crippen LogP) is 4.69. The third-order valence-corrected chi connectivity index (χ3v) is 5.11. The minimum atomic E-state index is -0.128. The monoisotopic (exact) mass is 341 g/mol. The Hall–Kier alpha value is -1.94. The molecule has 0 heterocycles. The van der Waals surface area contributed by atoms with Crippen LogP contribution in [0, 0.1) is 0 Å². The molecule has 2 aromatic carbocycles. The summed E-state index contributed by atoms with van der Waals surface area (Å²) in [6.45, 7) is 2.13. The average Bonchev–Trinajstić information content (AvgIpc) is 2.62. The molecule has 0 unspecified atom stereocenters. The van der Waals surface area contributed by atoms with E-state index in [0.29, 0.717) is 0 Å². The Morgan fingerprint density at radius 2 is 1.92 bits per heavy atom. The van der Waals surface area contributed by atoms with E-state index >= 15 is 0 Å². The Balaban J connectivity index is 1.58. The van der Waals surface area contributed by atoms with Crippen molar-refractivity contribution in [3.8, 4) is 5.75 Å². The van der Waals surface area contributed by atoms with E-state index in [0.717, 1.165) is 34.9 Å². The molecule has 0 radical (unpaired) electrons. The normalized spacial score (nSPS) is 13.2. The number of thioether (sulfide) groups is 1. The van der Waals surface area contributed by atoms with Crippen molar-refractivity contribution in [2.45, 2.75) is 37.5 Å². The molecule has 3 rings (SSSR count). The Labute approximate surface area is 147 Å². The van der Waals surface area contributed by atoms with Gasteiger partial charge in [0.25, 0.3) is 5.91 Å². The highest BCUT2D eigenvalue weighted by Gasteiger charge is 2.11. The van der Waals surface area contributed by atoms with Gasteiger partial charge in [-0.2, -0.15) is 0 Å². The molecule has 0 atom stereocenters. The number of fused-ring (bicyclic) bond motifs is 1. The van der Waals surface area contributed by atoms with Gasteiger partial charge >= 0.3 is 0 Å². The van der Waals surface area contributed by atoms with Crippen LogP contribution >= 0.6 is 11.8 Å². The van der Waals surface area contributed by atoms with Gasteiger partial charge in [-0.15, -0.1) is 11.8 Å². The molecule has 3 nitrogen and oxygen atoms in total. The number of carbonyl (C=O) groups is 1. The SMILES string of the molecule is CCSc1ccccc1NC(=O)COc1ccc2c(c1)CCCC2. The van der Waals surface area contributed by atoms with E-state index in [-0.39, 0.29) is 12.5 Å².